The van der Waals surface area contributed by atoms with Crippen molar-refractivity contribution in [3.63, 3.8) is 0 Å². The van der Waals surface area contributed by atoms with Crippen LogP contribution in [0.3, 0.4) is 0 Å². The Morgan fingerprint density at radius 1 is 1.39 bits per heavy atom. The maximum absolute atomic E-state index is 11.6. The minimum atomic E-state index is -0.915. The van der Waals surface area contributed by atoms with Gasteiger partial charge in [0.05, 0.1) is 5.75 Å². The predicted octanol–water partition coefficient (Wildman–Crippen LogP) is -0.156. The molecule has 0 aliphatic carbocycles. The van der Waals surface area contributed by atoms with Gasteiger partial charge in [0.2, 0.25) is 0 Å². The zero-order valence-corrected chi connectivity index (χ0v) is 10.8. The highest BCUT2D eigenvalue weighted by atomic mass is 32.2. The molecule has 2 rings (SSSR count). The molecule has 0 spiro atoms. The predicted molar refractivity (Wildman–Crippen MR) is 66.9 cm³/mol. The number of aromatic amines is 1. The molecule has 0 bridgehead atoms. The monoisotopic (exact) mass is 272 g/mol. The van der Waals surface area contributed by atoms with E-state index in [4.69, 9.17) is 5.11 Å². The summed E-state index contributed by atoms with van der Waals surface area (Å²) in [5, 5.41) is 15.3. The molecule has 2 heterocycles. The first kappa shape index (κ1) is 13.2. The smallest absolute Gasteiger partial charge is 0.344 e. The van der Waals surface area contributed by atoms with Gasteiger partial charge in [-0.15, -0.1) is 5.10 Å². The third-order valence-corrected chi connectivity index (χ3v) is 3.85. The van der Waals surface area contributed by atoms with Gasteiger partial charge in [0.1, 0.15) is 0 Å². The molecule has 7 nitrogen and oxygen atoms in total. The highest BCUT2D eigenvalue weighted by Gasteiger charge is 2.14. The Kier molecular flexibility index (Phi) is 4.43. The first-order valence-corrected chi connectivity index (χ1v) is 6.87. The van der Waals surface area contributed by atoms with E-state index in [0.29, 0.717) is 11.7 Å². The highest BCUT2D eigenvalue weighted by molar-refractivity contribution is 7.99. The molecular formula is C10H16N4O3S. The van der Waals surface area contributed by atoms with Gasteiger partial charge < -0.3 is 10.0 Å². The Bertz CT molecular complexity index is 464. The standard InChI is InChI=1S/C10H16N4O3S/c15-8(16)7-18-10-12-11-9(17)14(10)6-5-13-3-1-2-4-13/h1-7H2,(H,11,17)(H,15,16). The molecule has 0 atom stereocenters. The lowest BCUT2D eigenvalue weighted by Gasteiger charge is -2.14. The molecule has 0 unspecified atom stereocenters. The number of aliphatic carboxylic acids is 1. The fourth-order valence-electron chi connectivity index (χ4n) is 1.98. The lowest BCUT2D eigenvalue weighted by molar-refractivity contribution is -0.133. The van der Waals surface area contributed by atoms with Crippen molar-refractivity contribution in [2.24, 2.45) is 0 Å². The van der Waals surface area contributed by atoms with Gasteiger partial charge in [-0.3, -0.25) is 9.36 Å². The second-order valence-electron chi connectivity index (χ2n) is 4.19. The van der Waals surface area contributed by atoms with E-state index in [9.17, 15) is 9.59 Å². The fraction of sp³-hybridized carbons (Fsp3) is 0.700. The van der Waals surface area contributed by atoms with Crippen LogP contribution in [-0.4, -0.2) is 56.1 Å². The molecule has 0 saturated carbocycles. The average Bonchev–Trinajstić information content (AvgIpc) is 2.94. The molecular weight excluding hydrogens is 256 g/mol. The fourth-order valence-corrected chi connectivity index (χ4v) is 2.68. The van der Waals surface area contributed by atoms with Gasteiger partial charge in [-0.05, 0) is 25.9 Å². The maximum Gasteiger partial charge on any atom is 0.344 e. The number of hydrogen-bond acceptors (Lipinski definition) is 5. The van der Waals surface area contributed by atoms with Gasteiger partial charge >= 0.3 is 11.7 Å². The van der Waals surface area contributed by atoms with E-state index < -0.39 is 5.97 Å². The summed E-state index contributed by atoms with van der Waals surface area (Å²) >= 11 is 1.06. The molecule has 18 heavy (non-hydrogen) atoms. The van der Waals surface area contributed by atoms with E-state index in [0.717, 1.165) is 31.4 Å². The number of likely N-dealkylation sites (tertiary alicyclic amines) is 1. The quantitative estimate of drug-likeness (QED) is 0.699. The van der Waals surface area contributed by atoms with Crippen LogP contribution in [-0.2, 0) is 11.3 Å². The average molecular weight is 272 g/mol. The van der Waals surface area contributed by atoms with Crippen LogP contribution < -0.4 is 5.69 Å². The van der Waals surface area contributed by atoms with Crippen LogP contribution in [0.2, 0.25) is 0 Å². The van der Waals surface area contributed by atoms with E-state index in [1.165, 1.54) is 17.4 Å². The molecule has 1 fully saturated rings. The number of carboxylic acids is 1. The Morgan fingerprint density at radius 3 is 2.78 bits per heavy atom. The van der Waals surface area contributed by atoms with E-state index in [2.05, 4.69) is 15.1 Å². The van der Waals surface area contributed by atoms with Crippen molar-refractivity contribution in [2.75, 3.05) is 25.4 Å². The Balaban J connectivity index is 1.95. The van der Waals surface area contributed by atoms with Gasteiger partial charge in [0, 0.05) is 13.1 Å². The normalized spacial score (nSPS) is 16.2. The minimum Gasteiger partial charge on any atom is -0.481 e. The summed E-state index contributed by atoms with van der Waals surface area (Å²) < 4.78 is 1.51. The van der Waals surface area contributed by atoms with Gasteiger partial charge in [-0.1, -0.05) is 11.8 Å². The number of rotatable bonds is 6. The molecule has 1 aromatic heterocycles. The van der Waals surface area contributed by atoms with Crippen molar-refractivity contribution in [3.8, 4) is 0 Å². The topological polar surface area (TPSA) is 91.2 Å². The lowest BCUT2D eigenvalue weighted by atomic mass is 10.4. The molecule has 100 valence electrons. The summed E-state index contributed by atoms with van der Waals surface area (Å²) in [5.41, 5.74) is -0.276. The number of nitrogens with one attached hydrogen (secondary N) is 1. The SMILES string of the molecule is O=C(O)CSc1n[nH]c(=O)n1CCN1CCCC1. The lowest BCUT2D eigenvalue weighted by Crippen LogP contribution is -2.28. The first-order chi connectivity index (χ1) is 8.66. The Hall–Kier alpha value is -1.28. The van der Waals surface area contributed by atoms with Crippen LogP contribution in [0.4, 0.5) is 0 Å². The van der Waals surface area contributed by atoms with Crippen LogP contribution in [0.15, 0.2) is 9.95 Å². The summed E-state index contributed by atoms with van der Waals surface area (Å²) in [5.74, 6) is -1.00. The van der Waals surface area contributed by atoms with Crippen molar-refractivity contribution >= 4 is 17.7 Å². The van der Waals surface area contributed by atoms with E-state index in [-0.39, 0.29) is 11.4 Å². The number of aromatic nitrogens is 3. The summed E-state index contributed by atoms with van der Waals surface area (Å²) in [7, 11) is 0. The van der Waals surface area contributed by atoms with Gasteiger partial charge in [-0.2, -0.15) is 0 Å². The first-order valence-electron chi connectivity index (χ1n) is 5.89. The number of carbonyl (C=O) groups is 1. The van der Waals surface area contributed by atoms with Gasteiger partial charge in [0.25, 0.3) is 0 Å². The van der Waals surface area contributed by atoms with Crippen molar-refractivity contribution in [2.45, 2.75) is 24.5 Å². The Labute approximate surface area is 108 Å². The molecule has 2 N–H and O–H groups in total. The van der Waals surface area contributed by atoms with Crippen molar-refractivity contribution in [3.05, 3.63) is 10.5 Å². The number of nitrogens with zero attached hydrogens (tertiary/aromatic N) is 3. The molecule has 1 aliphatic rings. The molecule has 0 radical (unpaired) electrons. The number of thioether (sulfide) groups is 1. The van der Waals surface area contributed by atoms with Gasteiger partial charge in [-0.25, -0.2) is 9.89 Å². The molecule has 1 saturated heterocycles. The summed E-state index contributed by atoms with van der Waals surface area (Å²) in [4.78, 5) is 24.4. The van der Waals surface area contributed by atoms with Crippen LogP contribution in [0.1, 0.15) is 12.8 Å². The van der Waals surface area contributed by atoms with Crippen LogP contribution >= 0.6 is 11.8 Å². The summed E-state index contributed by atoms with van der Waals surface area (Å²) in [6.45, 7) is 3.51. The largest absolute Gasteiger partial charge is 0.481 e. The molecule has 0 aromatic carbocycles. The Morgan fingerprint density at radius 2 is 2.11 bits per heavy atom. The van der Waals surface area contributed by atoms with E-state index in [1.54, 1.807) is 0 Å². The summed E-state index contributed by atoms with van der Waals surface area (Å²) in [6, 6.07) is 0. The second kappa shape index (κ2) is 6.05. The zero-order chi connectivity index (χ0) is 13.0. The molecule has 1 aliphatic heterocycles. The zero-order valence-electron chi connectivity index (χ0n) is 9.96. The van der Waals surface area contributed by atoms with Crippen molar-refractivity contribution < 1.29 is 9.90 Å². The minimum absolute atomic E-state index is 0.0893. The second-order valence-corrected chi connectivity index (χ2v) is 5.14. The van der Waals surface area contributed by atoms with E-state index in [1.807, 2.05) is 0 Å². The van der Waals surface area contributed by atoms with Crippen LogP contribution in [0.25, 0.3) is 0 Å². The van der Waals surface area contributed by atoms with E-state index >= 15 is 0 Å². The summed E-state index contributed by atoms with van der Waals surface area (Å²) in [6.07, 6.45) is 2.42. The number of carboxylic acid groups (broad SMARTS) is 1. The molecule has 8 heteroatoms. The van der Waals surface area contributed by atoms with Crippen molar-refractivity contribution in [1.29, 1.82) is 0 Å². The maximum atomic E-state index is 11.6. The molecule has 1 aromatic rings. The third-order valence-electron chi connectivity index (χ3n) is 2.89. The van der Waals surface area contributed by atoms with Crippen LogP contribution in [0, 0.1) is 0 Å². The van der Waals surface area contributed by atoms with Crippen LogP contribution in [0.5, 0.6) is 0 Å². The van der Waals surface area contributed by atoms with Crippen molar-refractivity contribution in [1.82, 2.24) is 19.7 Å². The third kappa shape index (κ3) is 3.36. The van der Waals surface area contributed by atoms with Gasteiger partial charge in [0.15, 0.2) is 5.16 Å². The molecule has 0 amide bonds. The number of H-pyrrole nitrogens is 1. The highest BCUT2D eigenvalue weighted by Crippen LogP contribution is 2.13. The number of hydrogen-bond donors (Lipinski definition) is 2.